The van der Waals surface area contributed by atoms with Crippen molar-refractivity contribution in [3.8, 4) is 5.75 Å². The van der Waals surface area contributed by atoms with Crippen LogP contribution >= 0.6 is 0 Å². The molecule has 3 aliphatic rings. The maximum atomic E-state index is 14.0. The van der Waals surface area contributed by atoms with Crippen molar-refractivity contribution in [2.45, 2.75) is 58.7 Å². The Kier molecular flexibility index (Phi) is 7.40. The van der Waals surface area contributed by atoms with Crippen molar-refractivity contribution in [3.05, 3.63) is 28.3 Å². The van der Waals surface area contributed by atoms with Crippen molar-refractivity contribution in [2.75, 3.05) is 20.6 Å². The number of fused-ring (bicyclic) bond motifs is 3. The summed E-state index contributed by atoms with van der Waals surface area (Å²) in [5.41, 5.74) is 3.17. The average molecular weight is 556 g/mol. The Hall–Kier alpha value is -3.28. The Bertz CT molecular complexity index is 1340. The number of hydrogen-bond donors (Lipinski definition) is 4. The fourth-order valence-corrected chi connectivity index (χ4v) is 6.75. The van der Waals surface area contributed by atoms with Gasteiger partial charge in [-0.25, -0.2) is 0 Å². The van der Waals surface area contributed by atoms with Crippen LogP contribution in [0.15, 0.2) is 6.07 Å². The minimum atomic E-state index is -2.79. The van der Waals surface area contributed by atoms with Crippen LogP contribution in [0.25, 0.3) is 0 Å². The van der Waals surface area contributed by atoms with Crippen LogP contribution in [0.2, 0.25) is 0 Å². The van der Waals surface area contributed by atoms with Crippen LogP contribution in [-0.2, 0) is 32.1 Å². The number of carbonyl (C=O) groups excluding carboxylic acids is 6. The number of phenolic OH excluding ortho intramolecular Hbond substituents is 1. The van der Waals surface area contributed by atoms with E-state index >= 15 is 0 Å². The van der Waals surface area contributed by atoms with Gasteiger partial charge in [0.25, 0.3) is 0 Å². The second-order valence-electron chi connectivity index (χ2n) is 12.8. The van der Waals surface area contributed by atoms with Gasteiger partial charge in [-0.2, -0.15) is 0 Å². The Morgan fingerprint density at radius 2 is 1.77 bits per heavy atom. The Morgan fingerprint density at radius 3 is 2.30 bits per heavy atom. The molecule has 0 radical (unpaired) electrons. The quantitative estimate of drug-likeness (QED) is 0.279. The molecule has 11 heteroatoms. The molecule has 1 aromatic rings. The van der Waals surface area contributed by atoms with E-state index < -0.39 is 64.4 Å². The number of Topliss-reactive ketones (excluding diaryl/α,β-unsaturated/α-hetero) is 5. The van der Waals surface area contributed by atoms with Gasteiger partial charge >= 0.3 is 0 Å². The number of primary amides is 1. The molecule has 2 fully saturated rings. The van der Waals surface area contributed by atoms with Crippen molar-refractivity contribution in [1.82, 2.24) is 10.2 Å². The number of benzene rings is 1. The Labute approximate surface area is 232 Å². The summed E-state index contributed by atoms with van der Waals surface area (Å²) in [6.07, 6.45) is -0.0269. The maximum Gasteiger partial charge on any atom is 0.235 e. The largest absolute Gasteiger partial charge is 0.507 e. The highest BCUT2D eigenvalue weighted by molar-refractivity contribution is 6.32. The number of ketones is 5. The lowest BCUT2D eigenvalue weighted by Gasteiger charge is -2.52. The summed E-state index contributed by atoms with van der Waals surface area (Å²) in [6, 6.07) is 0.368. The number of nitrogens with zero attached hydrogens (tertiary/aromatic N) is 1. The van der Waals surface area contributed by atoms with Gasteiger partial charge in [-0.3, -0.25) is 33.7 Å². The van der Waals surface area contributed by atoms with Crippen LogP contribution in [0.1, 0.15) is 66.0 Å². The first-order valence-corrected chi connectivity index (χ1v) is 13.4. The molecule has 3 aliphatic carbocycles. The van der Waals surface area contributed by atoms with Crippen LogP contribution < -0.4 is 11.1 Å². The Balaban J connectivity index is 1.83. The predicted molar refractivity (Wildman–Crippen MR) is 143 cm³/mol. The van der Waals surface area contributed by atoms with Crippen LogP contribution in [-0.4, -0.2) is 82.2 Å². The van der Waals surface area contributed by atoms with Gasteiger partial charge in [0, 0.05) is 30.1 Å². The van der Waals surface area contributed by atoms with Crippen molar-refractivity contribution in [3.63, 3.8) is 0 Å². The van der Waals surface area contributed by atoms with E-state index in [-0.39, 0.29) is 47.5 Å². The zero-order chi connectivity index (χ0) is 30.1. The second kappa shape index (κ2) is 9.97. The summed E-state index contributed by atoms with van der Waals surface area (Å²) >= 11 is 0. The molecule has 11 nitrogen and oxygen atoms in total. The van der Waals surface area contributed by atoms with Gasteiger partial charge in [0.1, 0.15) is 5.75 Å². The molecule has 5 N–H and O–H groups in total. The number of amides is 1. The SMILES string of the molecule is CC(=O)c1cc(CNCC(C)(C)C)c(O)c2c1C[C@H]1C[C@H]3[C@H](N(C)C)C(=O)C(C(N)=O)C(=O)[C@@]3(O)C(=O)C1C2=O. The van der Waals surface area contributed by atoms with E-state index in [1.807, 2.05) is 20.8 Å². The van der Waals surface area contributed by atoms with Crippen molar-refractivity contribution >= 4 is 34.8 Å². The molecule has 216 valence electrons. The third-order valence-corrected chi connectivity index (χ3v) is 8.49. The van der Waals surface area contributed by atoms with Crippen molar-refractivity contribution < 1.29 is 39.0 Å². The molecule has 2 unspecified atom stereocenters. The highest BCUT2D eigenvalue weighted by Gasteiger charge is 2.69. The van der Waals surface area contributed by atoms with Crippen LogP contribution in [0.5, 0.6) is 5.75 Å². The van der Waals surface area contributed by atoms with E-state index in [4.69, 9.17) is 5.73 Å². The average Bonchev–Trinajstić information content (AvgIpc) is 2.81. The molecule has 6 atom stereocenters. The number of aliphatic hydroxyl groups is 1. The molecular formula is C29H37N3O8. The lowest BCUT2D eigenvalue weighted by atomic mass is 9.52. The van der Waals surface area contributed by atoms with E-state index in [0.717, 1.165) is 0 Å². The first-order valence-electron chi connectivity index (χ1n) is 13.4. The van der Waals surface area contributed by atoms with Gasteiger partial charge in [0.05, 0.1) is 17.5 Å². The number of phenols is 1. The molecule has 0 spiro atoms. The predicted octanol–water partition coefficient (Wildman–Crippen LogP) is 0.205. The molecule has 0 saturated heterocycles. The first-order chi connectivity index (χ1) is 18.4. The highest BCUT2D eigenvalue weighted by atomic mass is 16.3. The van der Waals surface area contributed by atoms with Crippen molar-refractivity contribution in [2.24, 2.45) is 34.8 Å². The van der Waals surface area contributed by atoms with Gasteiger partial charge in [-0.15, -0.1) is 0 Å². The van der Waals surface area contributed by atoms with E-state index in [0.29, 0.717) is 17.7 Å². The third-order valence-electron chi connectivity index (χ3n) is 8.49. The summed E-state index contributed by atoms with van der Waals surface area (Å²) in [5, 5.41) is 26.1. The number of hydrogen-bond acceptors (Lipinski definition) is 10. The molecule has 0 aromatic heterocycles. The van der Waals surface area contributed by atoms with Gasteiger partial charge in [0.2, 0.25) is 5.91 Å². The smallest absolute Gasteiger partial charge is 0.235 e. The van der Waals surface area contributed by atoms with Gasteiger partial charge in [0.15, 0.2) is 40.4 Å². The number of nitrogens with one attached hydrogen (secondary N) is 1. The fourth-order valence-electron chi connectivity index (χ4n) is 6.75. The summed E-state index contributed by atoms with van der Waals surface area (Å²) < 4.78 is 0. The van der Waals surface area contributed by atoms with Crippen LogP contribution in [0.4, 0.5) is 0 Å². The van der Waals surface area contributed by atoms with Crippen molar-refractivity contribution in [1.29, 1.82) is 0 Å². The molecule has 0 heterocycles. The summed E-state index contributed by atoms with van der Waals surface area (Å²) in [7, 11) is 3.05. The molecular weight excluding hydrogens is 518 g/mol. The molecule has 0 bridgehead atoms. The minimum Gasteiger partial charge on any atom is -0.507 e. The monoisotopic (exact) mass is 555 g/mol. The number of likely N-dealkylation sites (N-methyl/N-ethyl adjacent to an activating group) is 1. The zero-order valence-corrected chi connectivity index (χ0v) is 23.7. The molecule has 0 aliphatic heterocycles. The number of rotatable bonds is 6. The van der Waals surface area contributed by atoms with E-state index in [2.05, 4.69) is 5.32 Å². The number of carbonyl (C=O) groups is 6. The maximum absolute atomic E-state index is 14.0. The topological polar surface area (TPSA) is 184 Å². The third kappa shape index (κ3) is 4.49. The fraction of sp³-hybridized carbons (Fsp3) is 0.586. The van der Waals surface area contributed by atoms with Crippen LogP contribution in [0, 0.1) is 29.1 Å². The molecule has 4 rings (SSSR count). The van der Waals surface area contributed by atoms with Gasteiger partial charge in [-0.1, -0.05) is 20.8 Å². The summed E-state index contributed by atoms with van der Waals surface area (Å²) in [5.74, 6) is -11.5. The molecule has 1 amide bonds. The van der Waals surface area contributed by atoms with Crippen LogP contribution in [0.3, 0.4) is 0 Å². The standard InChI is InChI=1S/C29H37N3O8/c1-12(33)15-8-14(10-31-11-28(2,3)4)22(34)19-16(15)7-13-9-17-21(32(5)6)24(36)20(27(30)39)26(38)29(17,40)25(37)18(13)23(19)35/h8,13,17-18,20-21,31,34,40H,7,9-11H2,1-6H3,(H2,30,39)/t13-,17-,18?,20?,21-,29-/m0/s1. The lowest BCUT2D eigenvalue weighted by Crippen LogP contribution is -2.74. The highest BCUT2D eigenvalue weighted by Crippen LogP contribution is 2.51. The summed E-state index contributed by atoms with van der Waals surface area (Å²) in [4.78, 5) is 80.7. The molecule has 40 heavy (non-hydrogen) atoms. The zero-order valence-electron chi connectivity index (χ0n) is 23.7. The normalized spacial score (nSPS) is 30.1. The Morgan fingerprint density at radius 1 is 1.15 bits per heavy atom. The van der Waals surface area contributed by atoms with E-state index in [1.54, 1.807) is 6.07 Å². The first kappa shape index (κ1) is 29.7. The van der Waals surface area contributed by atoms with E-state index in [9.17, 15) is 39.0 Å². The minimum absolute atomic E-state index is 0.0456. The number of aromatic hydroxyl groups is 1. The molecule has 1 aromatic carbocycles. The van der Waals surface area contributed by atoms with Gasteiger partial charge in [-0.05, 0) is 56.8 Å². The molecule has 2 saturated carbocycles. The lowest BCUT2D eigenvalue weighted by molar-refractivity contribution is -0.181. The number of nitrogens with two attached hydrogens (primary N) is 1. The van der Waals surface area contributed by atoms with E-state index in [1.165, 1.54) is 25.9 Å². The van der Waals surface area contributed by atoms with Gasteiger partial charge < -0.3 is 21.3 Å². The second-order valence-corrected chi connectivity index (χ2v) is 12.8. The summed E-state index contributed by atoms with van der Waals surface area (Å²) in [6.45, 7) is 8.16.